The minimum absolute atomic E-state index is 0.0610. The Hall–Kier alpha value is -3.62. The third-order valence-electron chi connectivity index (χ3n) is 4.05. The number of nitrogens with one attached hydrogen (secondary N) is 1. The molecule has 0 spiro atoms. The number of rotatable bonds is 5. The van der Waals surface area contributed by atoms with E-state index in [0.717, 1.165) is 5.56 Å². The van der Waals surface area contributed by atoms with Crippen LogP contribution >= 0.6 is 0 Å². The number of ether oxygens (including phenoxy) is 3. The molecule has 1 N–H and O–H groups in total. The molecule has 4 rings (SSSR count). The molecule has 0 atom stereocenters. The number of nitrogens with zero attached hydrogens (tertiary/aromatic N) is 2. The molecule has 2 heterocycles. The lowest BCUT2D eigenvalue weighted by atomic mass is 10.2. The molecule has 28 heavy (non-hydrogen) atoms. The highest BCUT2D eigenvalue weighted by Crippen LogP contribution is 2.46. The molecule has 1 aromatic heterocycles. The lowest BCUT2D eigenvalue weighted by Gasteiger charge is -2.16. The molecule has 0 fully saturated rings. The maximum absolute atomic E-state index is 13.4. The van der Waals surface area contributed by atoms with Crippen LogP contribution in [0, 0.1) is 0 Å². The smallest absolute Gasteiger partial charge is 0.490 e. The number of hydrogen-bond donors (Lipinski definition) is 1. The van der Waals surface area contributed by atoms with Crippen LogP contribution in [0.1, 0.15) is 5.56 Å². The van der Waals surface area contributed by atoms with Gasteiger partial charge in [0.25, 0.3) is 0 Å². The minimum Gasteiger partial charge on any atom is -0.490 e. The van der Waals surface area contributed by atoms with Crippen molar-refractivity contribution in [2.45, 2.75) is 12.8 Å². The summed E-state index contributed by atoms with van der Waals surface area (Å²) < 4.78 is 42.6. The van der Waals surface area contributed by atoms with Crippen LogP contribution < -0.4 is 25.1 Å². The van der Waals surface area contributed by atoms with E-state index in [1.165, 1.54) is 31.5 Å². The van der Waals surface area contributed by atoms with Crippen molar-refractivity contribution in [2.24, 2.45) is 0 Å². The molecule has 144 valence electrons. The van der Waals surface area contributed by atoms with Crippen LogP contribution in [0.15, 0.2) is 59.5 Å². The van der Waals surface area contributed by atoms with Gasteiger partial charge in [-0.25, -0.2) is 0 Å². The highest BCUT2D eigenvalue weighted by atomic mass is 19.3. The maximum atomic E-state index is 13.4. The number of para-hydroxylation sites is 1. The van der Waals surface area contributed by atoms with E-state index in [-0.39, 0.29) is 28.9 Å². The quantitative estimate of drug-likeness (QED) is 0.724. The summed E-state index contributed by atoms with van der Waals surface area (Å²) in [5.41, 5.74) is 0.542. The van der Waals surface area contributed by atoms with E-state index in [0.29, 0.717) is 6.54 Å². The van der Waals surface area contributed by atoms with Crippen LogP contribution in [-0.2, 0) is 6.54 Å². The van der Waals surface area contributed by atoms with E-state index in [1.807, 2.05) is 30.3 Å². The fourth-order valence-corrected chi connectivity index (χ4v) is 2.80. The van der Waals surface area contributed by atoms with Gasteiger partial charge in [0.15, 0.2) is 11.5 Å². The van der Waals surface area contributed by atoms with Gasteiger partial charge in [0, 0.05) is 0 Å². The molecule has 0 aliphatic carbocycles. The summed E-state index contributed by atoms with van der Waals surface area (Å²) in [5.74, 6) is -0.0722. The van der Waals surface area contributed by atoms with Crippen molar-refractivity contribution in [1.82, 2.24) is 9.55 Å². The molecular formula is C19H15F2N3O4. The predicted octanol–water partition coefficient (Wildman–Crippen LogP) is 3.37. The number of benzene rings is 2. The van der Waals surface area contributed by atoms with E-state index in [4.69, 9.17) is 4.74 Å². The fraction of sp³-hybridized carbons (Fsp3) is 0.158. The molecule has 1 aliphatic heterocycles. The number of halogens is 2. The number of aromatic nitrogens is 2. The molecule has 3 aromatic rings. The molecule has 1 aliphatic rings. The lowest BCUT2D eigenvalue weighted by Crippen LogP contribution is -2.26. The van der Waals surface area contributed by atoms with Crippen molar-refractivity contribution in [1.29, 1.82) is 0 Å². The third-order valence-corrected chi connectivity index (χ3v) is 4.05. The van der Waals surface area contributed by atoms with Crippen molar-refractivity contribution in [3.63, 3.8) is 0 Å². The molecule has 0 bridgehead atoms. The van der Waals surface area contributed by atoms with Gasteiger partial charge in [0.1, 0.15) is 0 Å². The molecule has 0 radical (unpaired) electrons. The summed E-state index contributed by atoms with van der Waals surface area (Å²) in [7, 11) is 1.37. The van der Waals surface area contributed by atoms with Crippen LogP contribution in [-0.4, -0.2) is 23.0 Å². The Morgan fingerprint density at radius 1 is 1.14 bits per heavy atom. The van der Waals surface area contributed by atoms with Crippen LogP contribution in [0.3, 0.4) is 0 Å². The number of anilines is 2. The van der Waals surface area contributed by atoms with Crippen molar-refractivity contribution < 1.29 is 23.0 Å². The van der Waals surface area contributed by atoms with Crippen LogP contribution in [0.5, 0.6) is 17.2 Å². The zero-order chi connectivity index (χ0) is 19.7. The Morgan fingerprint density at radius 3 is 2.68 bits per heavy atom. The van der Waals surface area contributed by atoms with Gasteiger partial charge in [-0.05, 0) is 17.7 Å². The van der Waals surface area contributed by atoms with Gasteiger partial charge in [-0.15, -0.1) is 8.78 Å². The lowest BCUT2D eigenvalue weighted by molar-refractivity contribution is -0.286. The largest absolute Gasteiger partial charge is 0.586 e. The van der Waals surface area contributed by atoms with Crippen molar-refractivity contribution in [3.8, 4) is 17.2 Å². The molecule has 2 aromatic carbocycles. The zero-order valence-electron chi connectivity index (χ0n) is 14.7. The van der Waals surface area contributed by atoms with E-state index in [2.05, 4.69) is 19.8 Å². The molecule has 0 unspecified atom stereocenters. The number of alkyl halides is 2. The first-order valence-electron chi connectivity index (χ1n) is 8.30. The fourth-order valence-electron chi connectivity index (χ4n) is 2.80. The monoisotopic (exact) mass is 387 g/mol. The van der Waals surface area contributed by atoms with E-state index in [1.54, 1.807) is 4.57 Å². The van der Waals surface area contributed by atoms with Crippen LogP contribution in [0.4, 0.5) is 20.4 Å². The highest BCUT2D eigenvalue weighted by molar-refractivity contribution is 5.68. The maximum Gasteiger partial charge on any atom is 0.586 e. The predicted molar refractivity (Wildman–Crippen MR) is 96.5 cm³/mol. The Kier molecular flexibility index (Phi) is 4.34. The summed E-state index contributed by atoms with van der Waals surface area (Å²) >= 11 is 0. The minimum atomic E-state index is -3.75. The van der Waals surface area contributed by atoms with Gasteiger partial charge in [-0.2, -0.15) is 4.98 Å². The summed E-state index contributed by atoms with van der Waals surface area (Å²) in [5, 5.41) is 2.88. The first kappa shape index (κ1) is 17.8. The summed E-state index contributed by atoms with van der Waals surface area (Å²) in [6.45, 7) is 0.370. The van der Waals surface area contributed by atoms with E-state index < -0.39 is 11.9 Å². The molecule has 0 saturated carbocycles. The first-order chi connectivity index (χ1) is 13.4. The Bertz CT molecular complexity index is 1070. The summed E-state index contributed by atoms with van der Waals surface area (Å²) in [6, 6.07) is 13.9. The SMILES string of the molecule is COc1cn(Cc2ccccc2)c(Nc2cccc3c2OC(F)(F)O3)nc1=O. The highest BCUT2D eigenvalue weighted by Gasteiger charge is 2.44. The van der Waals surface area contributed by atoms with Gasteiger partial charge in [-0.1, -0.05) is 36.4 Å². The van der Waals surface area contributed by atoms with Crippen LogP contribution in [0.25, 0.3) is 0 Å². The van der Waals surface area contributed by atoms with Gasteiger partial charge < -0.3 is 24.1 Å². The number of methoxy groups -OCH3 is 1. The molecule has 7 nitrogen and oxygen atoms in total. The molecule has 0 saturated heterocycles. The second-order valence-electron chi connectivity index (χ2n) is 5.98. The number of fused-ring (bicyclic) bond motifs is 1. The first-order valence-corrected chi connectivity index (χ1v) is 8.30. The van der Waals surface area contributed by atoms with Gasteiger partial charge in [0.2, 0.25) is 11.7 Å². The van der Waals surface area contributed by atoms with Crippen molar-refractivity contribution in [2.75, 3.05) is 12.4 Å². The van der Waals surface area contributed by atoms with Crippen molar-refractivity contribution in [3.05, 3.63) is 70.6 Å². The normalized spacial score (nSPS) is 14.0. The molecular weight excluding hydrogens is 372 g/mol. The van der Waals surface area contributed by atoms with E-state index >= 15 is 0 Å². The van der Waals surface area contributed by atoms with Gasteiger partial charge >= 0.3 is 11.9 Å². The number of hydrogen-bond acceptors (Lipinski definition) is 6. The Balaban J connectivity index is 1.73. The Morgan fingerprint density at radius 2 is 1.93 bits per heavy atom. The standard InChI is InChI=1S/C19H15F2N3O4/c1-26-15-11-24(10-12-6-3-2-4-7-12)18(23-17(15)25)22-13-8-5-9-14-16(13)28-19(20,21)27-14/h2-9,11H,10H2,1H3,(H,22,23,25). The average molecular weight is 387 g/mol. The summed E-state index contributed by atoms with van der Waals surface area (Å²) in [4.78, 5) is 16.1. The molecule has 0 amide bonds. The third kappa shape index (κ3) is 3.46. The zero-order valence-corrected chi connectivity index (χ0v) is 14.7. The molecule has 9 heteroatoms. The topological polar surface area (TPSA) is 74.6 Å². The summed E-state index contributed by atoms with van der Waals surface area (Å²) in [6.07, 6.45) is -2.25. The van der Waals surface area contributed by atoms with Gasteiger partial charge in [0.05, 0.1) is 25.5 Å². The van der Waals surface area contributed by atoms with Gasteiger partial charge in [-0.3, -0.25) is 4.79 Å². The second kappa shape index (κ2) is 6.84. The van der Waals surface area contributed by atoms with Crippen LogP contribution in [0.2, 0.25) is 0 Å². The van der Waals surface area contributed by atoms with Crippen molar-refractivity contribution >= 4 is 11.6 Å². The average Bonchev–Trinajstić information content (AvgIpc) is 2.99. The second-order valence-corrected chi connectivity index (χ2v) is 5.98. The van der Waals surface area contributed by atoms with E-state index in [9.17, 15) is 13.6 Å². The Labute approximate surface area is 158 Å².